The standard InChI is InChI=1S/C19H21NO3S/c1-14-5-4-6-15(9-14)12-24-13-19(21)20-10-16-11-22-17-7-2-3-8-18(17)23-16/h2-9,16H,10-13H2,1H3,(H,20,21). The van der Waals surface area contributed by atoms with Crippen LogP contribution in [0.5, 0.6) is 11.5 Å². The van der Waals surface area contributed by atoms with Crippen molar-refractivity contribution in [3.05, 3.63) is 59.7 Å². The summed E-state index contributed by atoms with van der Waals surface area (Å²) in [5.74, 6) is 2.80. The van der Waals surface area contributed by atoms with Gasteiger partial charge in [-0.3, -0.25) is 4.79 Å². The van der Waals surface area contributed by atoms with Gasteiger partial charge in [0, 0.05) is 5.75 Å². The van der Waals surface area contributed by atoms with Crippen molar-refractivity contribution in [2.45, 2.75) is 18.8 Å². The molecule has 1 aliphatic rings. The second kappa shape index (κ2) is 8.11. The highest BCUT2D eigenvalue weighted by Crippen LogP contribution is 2.30. The van der Waals surface area contributed by atoms with Crippen LogP contribution in [0.2, 0.25) is 0 Å². The normalized spacial score (nSPS) is 15.8. The second-order valence-electron chi connectivity index (χ2n) is 5.78. The Morgan fingerprint density at radius 1 is 1.21 bits per heavy atom. The van der Waals surface area contributed by atoms with Gasteiger partial charge in [0.1, 0.15) is 12.7 Å². The lowest BCUT2D eigenvalue weighted by molar-refractivity contribution is -0.119. The Morgan fingerprint density at radius 2 is 2.04 bits per heavy atom. The molecule has 1 unspecified atom stereocenters. The minimum atomic E-state index is -0.148. The van der Waals surface area contributed by atoms with Gasteiger partial charge < -0.3 is 14.8 Å². The molecule has 1 heterocycles. The van der Waals surface area contributed by atoms with Crippen LogP contribution in [0, 0.1) is 6.92 Å². The lowest BCUT2D eigenvalue weighted by Gasteiger charge is -2.26. The van der Waals surface area contributed by atoms with Crippen LogP contribution in [0.15, 0.2) is 48.5 Å². The molecule has 0 bridgehead atoms. The minimum absolute atomic E-state index is 0.0233. The molecule has 0 saturated carbocycles. The molecule has 0 aromatic heterocycles. The summed E-state index contributed by atoms with van der Waals surface area (Å²) in [6.45, 7) is 2.98. The first-order valence-electron chi connectivity index (χ1n) is 7.99. The average molecular weight is 343 g/mol. The molecular formula is C19H21NO3S. The molecule has 1 atom stereocenters. The summed E-state index contributed by atoms with van der Waals surface area (Å²) in [5.41, 5.74) is 2.49. The van der Waals surface area contributed by atoms with Gasteiger partial charge in [-0.15, -0.1) is 11.8 Å². The first-order chi connectivity index (χ1) is 11.7. The number of carbonyl (C=O) groups excluding carboxylic acids is 1. The van der Waals surface area contributed by atoms with Crippen molar-refractivity contribution in [1.29, 1.82) is 0 Å². The summed E-state index contributed by atoms with van der Waals surface area (Å²) in [6, 6.07) is 15.9. The van der Waals surface area contributed by atoms with Crippen LogP contribution >= 0.6 is 11.8 Å². The van der Waals surface area contributed by atoms with E-state index in [1.165, 1.54) is 11.1 Å². The van der Waals surface area contributed by atoms with E-state index in [0.29, 0.717) is 18.9 Å². The third kappa shape index (κ3) is 4.68. The molecule has 3 rings (SSSR count). The van der Waals surface area contributed by atoms with Crippen LogP contribution in [-0.4, -0.2) is 30.9 Å². The van der Waals surface area contributed by atoms with Gasteiger partial charge in [-0.25, -0.2) is 0 Å². The van der Waals surface area contributed by atoms with E-state index in [9.17, 15) is 4.79 Å². The zero-order chi connectivity index (χ0) is 16.8. The summed E-state index contributed by atoms with van der Waals surface area (Å²) in [4.78, 5) is 12.0. The molecule has 0 spiro atoms. The molecule has 1 N–H and O–H groups in total. The third-order valence-electron chi connectivity index (χ3n) is 3.68. The number of aryl methyl sites for hydroxylation is 1. The van der Waals surface area contributed by atoms with Gasteiger partial charge in [-0.1, -0.05) is 42.0 Å². The van der Waals surface area contributed by atoms with Crippen molar-refractivity contribution < 1.29 is 14.3 Å². The number of benzene rings is 2. The molecule has 1 aliphatic heterocycles. The monoisotopic (exact) mass is 343 g/mol. The van der Waals surface area contributed by atoms with Crippen molar-refractivity contribution >= 4 is 17.7 Å². The molecule has 126 valence electrons. The predicted octanol–water partition coefficient (Wildman–Crippen LogP) is 3.18. The Labute approximate surface area is 146 Å². The van der Waals surface area contributed by atoms with Gasteiger partial charge in [0.2, 0.25) is 5.91 Å². The summed E-state index contributed by atoms with van der Waals surface area (Å²) >= 11 is 1.61. The van der Waals surface area contributed by atoms with Crippen LogP contribution in [0.1, 0.15) is 11.1 Å². The zero-order valence-corrected chi connectivity index (χ0v) is 14.5. The van der Waals surface area contributed by atoms with Crippen molar-refractivity contribution in [3.8, 4) is 11.5 Å². The number of hydrogen-bond acceptors (Lipinski definition) is 4. The largest absolute Gasteiger partial charge is 0.486 e. The van der Waals surface area contributed by atoms with Crippen LogP contribution < -0.4 is 14.8 Å². The Hall–Kier alpha value is -2.14. The second-order valence-corrected chi connectivity index (χ2v) is 6.77. The number of thioether (sulfide) groups is 1. The van der Waals surface area contributed by atoms with Crippen LogP contribution in [0.4, 0.5) is 0 Å². The quantitative estimate of drug-likeness (QED) is 0.875. The molecule has 4 nitrogen and oxygen atoms in total. The Bertz CT molecular complexity index is 705. The lowest BCUT2D eigenvalue weighted by Crippen LogP contribution is -2.41. The predicted molar refractivity (Wildman–Crippen MR) is 96.7 cm³/mol. The number of ether oxygens (including phenoxy) is 2. The van der Waals surface area contributed by atoms with Crippen LogP contribution in [-0.2, 0) is 10.5 Å². The van der Waals surface area contributed by atoms with E-state index < -0.39 is 0 Å². The maximum atomic E-state index is 12.0. The summed E-state index contributed by atoms with van der Waals surface area (Å²) < 4.78 is 11.5. The average Bonchev–Trinajstić information content (AvgIpc) is 2.60. The zero-order valence-electron chi connectivity index (χ0n) is 13.7. The van der Waals surface area contributed by atoms with Gasteiger partial charge >= 0.3 is 0 Å². The van der Waals surface area contributed by atoms with Gasteiger partial charge in [-0.2, -0.15) is 0 Å². The number of rotatable bonds is 6. The van der Waals surface area contributed by atoms with Crippen molar-refractivity contribution in [2.24, 2.45) is 0 Å². The number of nitrogens with one attached hydrogen (secondary N) is 1. The maximum Gasteiger partial charge on any atom is 0.230 e. The van der Waals surface area contributed by atoms with E-state index in [2.05, 4.69) is 30.4 Å². The molecule has 0 saturated heterocycles. The van der Waals surface area contributed by atoms with Crippen LogP contribution in [0.3, 0.4) is 0 Å². The van der Waals surface area contributed by atoms with E-state index in [1.54, 1.807) is 11.8 Å². The van der Waals surface area contributed by atoms with E-state index >= 15 is 0 Å². The fraction of sp³-hybridized carbons (Fsp3) is 0.316. The summed E-state index contributed by atoms with van der Waals surface area (Å²) in [5, 5.41) is 2.92. The lowest BCUT2D eigenvalue weighted by atomic mass is 10.2. The molecule has 0 radical (unpaired) electrons. The van der Waals surface area contributed by atoms with Gasteiger partial charge in [0.05, 0.1) is 12.3 Å². The van der Waals surface area contributed by atoms with E-state index in [1.807, 2.05) is 30.3 Å². The minimum Gasteiger partial charge on any atom is -0.486 e. The smallest absolute Gasteiger partial charge is 0.230 e. The molecule has 1 amide bonds. The Balaban J connectivity index is 1.37. The maximum absolute atomic E-state index is 12.0. The number of carbonyl (C=O) groups is 1. The number of amides is 1. The van der Waals surface area contributed by atoms with Gasteiger partial charge in [-0.05, 0) is 24.6 Å². The van der Waals surface area contributed by atoms with Gasteiger partial charge in [0.15, 0.2) is 11.5 Å². The third-order valence-corrected chi connectivity index (χ3v) is 4.68. The first kappa shape index (κ1) is 16.7. The first-order valence-corrected chi connectivity index (χ1v) is 9.14. The number of fused-ring (bicyclic) bond motifs is 1. The topological polar surface area (TPSA) is 47.6 Å². The van der Waals surface area contributed by atoms with E-state index in [-0.39, 0.29) is 12.0 Å². The highest BCUT2D eigenvalue weighted by Gasteiger charge is 2.20. The number of hydrogen-bond donors (Lipinski definition) is 1. The number of para-hydroxylation sites is 2. The molecule has 2 aromatic rings. The Kier molecular flexibility index (Phi) is 5.64. The molecule has 24 heavy (non-hydrogen) atoms. The summed E-state index contributed by atoms with van der Waals surface area (Å²) in [7, 11) is 0. The van der Waals surface area contributed by atoms with Crippen LogP contribution in [0.25, 0.3) is 0 Å². The molecular weight excluding hydrogens is 322 g/mol. The Morgan fingerprint density at radius 3 is 2.88 bits per heavy atom. The van der Waals surface area contributed by atoms with Gasteiger partial charge in [0.25, 0.3) is 0 Å². The van der Waals surface area contributed by atoms with Crippen molar-refractivity contribution in [2.75, 3.05) is 18.9 Å². The van der Waals surface area contributed by atoms with Crippen molar-refractivity contribution in [1.82, 2.24) is 5.32 Å². The highest BCUT2D eigenvalue weighted by atomic mass is 32.2. The molecule has 0 aliphatic carbocycles. The fourth-order valence-electron chi connectivity index (χ4n) is 2.51. The van der Waals surface area contributed by atoms with E-state index in [4.69, 9.17) is 9.47 Å². The molecule has 2 aromatic carbocycles. The fourth-order valence-corrected chi connectivity index (χ4v) is 3.31. The molecule has 0 fully saturated rings. The highest BCUT2D eigenvalue weighted by molar-refractivity contribution is 7.99. The van der Waals surface area contributed by atoms with E-state index in [0.717, 1.165) is 17.3 Å². The van der Waals surface area contributed by atoms with Crippen molar-refractivity contribution in [3.63, 3.8) is 0 Å². The molecule has 5 heteroatoms. The summed E-state index contributed by atoms with van der Waals surface area (Å²) in [6.07, 6.45) is -0.148. The SMILES string of the molecule is Cc1cccc(CSCC(=O)NCC2COc3ccccc3O2)c1.